The number of rotatable bonds is 8. The minimum Gasteiger partial charge on any atom is -0.380 e. The van der Waals surface area contributed by atoms with Crippen LogP contribution in [0, 0.1) is 5.92 Å². The smallest absolute Gasteiger partial charge is 0.380 e. The number of hydrogen-bond donors (Lipinski definition) is 1. The van der Waals surface area contributed by atoms with Crippen LogP contribution in [0.5, 0.6) is 0 Å². The summed E-state index contributed by atoms with van der Waals surface area (Å²) in [5.74, 6) is 0.434. The monoisotopic (exact) mass is 557 g/mol. The van der Waals surface area contributed by atoms with Gasteiger partial charge in [0.25, 0.3) is 0 Å². The number of hydrogen-bond acceptors (Lipinski definition) is 8. The zero-order valence-corrected chi connectivity index (χ0v) is 22.2. The number of thioether (sulfide) groups is 1. The lowest BCUT2D eigenvalue weighted by atomic mass is 10.0. The number of benzene rings is 1. The van der Waals surface area contributed by atoms with Crippen LogP contribution in [0.1, 0.15) is 41.2 Å². The number of carbonyl (C=O) groups excluding carboxylic acids is 1. The molecule has 1 aliphatic carbocycles. The fraction of sp³-hybridized carbons (Fsp3) is 0.500. The van der Waals surface area contributed by atoms with E-state index in [0.29, 0.717) is 28.5 Å². The fourth-order valence-corrected chi connectivity index (χ4v) is 7.72. The van der Waals surface area contributed by atoms with Gasteiger partial charge < -0.3 is 10.1 Å². The van der Waals surface area contributed by atoms with Crippen LogP contribution in [-0.2, 0) is 22.1 Å². The lowest BCUT2D eigenvalue weighted by molar-refractivity contribution is -0.137. The van der Waals surface area contributed by atoms with Gasteiger partial charge in [-0.2, -0.15) is 13.2 Å². The largest absolute Gasteiger partial charge is 0.416 e. The van der Waals surface area contributed by atoms with Crippen LogP contribution >= 0.6 is 11.8 Å². The molecule has 2 aromatic heterocycles. The summed E-state index contributed by atoms with van der Waals surface area (Å²) in [6.45, 7) is 3.27. The van der Waals surface area contributed by atoms with Crippen molar-refractivity contribution in [3.05, 3.63) is 59.7 Å². The van der Waals surface area contributed by atoms with Gasteiger partial charge in [-0.1, -0.05) is 0 Å². The van der Waals surface area contributed by atoms with Crippen molar-refractivity contribution in [2.45, 2.75) is 48.4 Å². The number of Topliss-reactive ketones (excluding diaryl/α,β-unsaturated/α-hetero) is 1. The predicted molar refractivity (Wildman–Crippen MR) is 144 cm³/mol. The summed E-state index contributed by atoms with van der Waals surface area (Å²) >= 11 is 1.97. The molecule has 0 spiro atoms. The molecule has 1 aromatic carbocycles. The van der Waals surface area contributed by atoms with E-state index in [-0.39, 0.29) is 29.4 Å². The van der Waals surface area contributed by atoms with E-state index in [1.807, 2.05) is 24.2 Å². The molecule has 0 saturated carbocycles. The lowest BCUT2D eigenvalue weighted by Crippen LogP contribution is -2.34. The third-order valence-electron chi connectivity index (χ3n) is 8.04. The third kappa shape index (κ3) is 5.76. The molecule has 0 amide bonds. The highest BCUT2D eigenvalue weighted by Crippen LogP contribution is 2.46. The number of fused-ring (bicyclic) bond motifs is 2. The molecule has 2 saturated heterocycles. The second kappa shape index (κ2) is 11.0. The zero-order valence-electron chi connectivity index (χ0n) is 21.4. The van der Waals surface area contributed by atoms with Gasteiger partial charge in [0.05, 0.1) is 24.2 Å². The van der Waals surface area contributed by atoms with Crippen LogP contribution in [0.2, 0.25) is 0 Å². The maximum atomic E-state index is 13.3. The van der Waals surface area contributed by atoms with E-state index in [0.717, 1.165) is 57.7 Å². The second-order valence-electron chi connectivity index (χ2n) is 10.6. The van der Waals surface area contributed by atoms with Gasteiger partial charge in [-0.25, -0.2) is 9.97 Å². The fourth-order valence-electron chi connectivity index (χ4n) is 6.00. The van der Waals surface area contributed by atoms with E-state index in [1.165, 1.54) is 23.5 Å². The summed E-state index contributed by atoms with van der Waals surface area (Å²) in [6.07, 6.45) is 4.20. The SMILES string of the molecule is O=C(CNc1ncnc2ccc(C(F)(F)F)cc12)CC1CN(C2CCOC2)C[C@@H]1SC1CCc2ccncc21. The Labute approximate surface area is 228 Å². The zero-order chi connectivity index (χ0) is 27.0. The number of aryl methyl sites for hydroxylation is 1. The molecule has 2 aliphatic heterocycles. The van der Waals surface area contributed by atoms with Gasteiger partial charge in [-0.05, 0) is 60.6 Å². The predicted octanol–water partition coefficient (Wildman–Crippen LogP) is 4.92. The Balaban J connectivity index is 1.14. The van der Waals surface area contributed by atoms with Crippen molar-refractivity contribution in [2.75, 3.05) is 38.2 Å². The van der Waals surface area contributed by atoms with E-state index >= 15 is 0 Å². The first-order valence-electron chi connectivity index (χ1n) is 13.3. The number of nitrogens with one attached hydrogen (secondary N) is 1. The molecular formula is C28H30F3N5O2S. The third-order valence-corrected chi connectivity index (χ3v) is 9.75. The van der Waals surface area contributed by atoms with Crippen LogP contribution < -0.4 is 5.32 Å². The Morgan fingerprint density at radius 3 is 2.90 bits per heavy atom. The number of anilines is 1. The highest BCUT2D eigenvalue weighted by atomic mass is 32.2. The van der Waals surface area contributed by atoms with E-state index in [4.69, 9.17) is 4.74 Å². The van der Waals surface area contributed by atoms with Crippen molar-refractivity contribution in [1.82, 2.24) is 19.9 Å². The first-order chi connectivity index (χ1) is 18.8. The Morgan fingerprint density at radius 1 is 1.18 bits per heavy atom. The van der Waals surface area contributed by atoms with Gasteiger partial charge in [-0.15, -0.1) is 11.8 Å². The average molecular weight is 558 g/mol. The van der Waals surface area contributed by atoms with Crippen LogP contribution in [-0.4, -0.2) is 69.8 Å². The van der Waals surface area contributed by atoms with Crippen LogP contribution in [0.3, 0.4) is 0 Å². The molecule has 39 heavy (non-hydrogen) atoms. The Hall–Kier alpha value is -2.76. The number of carbonyl (C=O) groups is 1. The second-order valence-corrected chi connectivity index (χ2v) is 12.0. The topological polar surface area (TPSA) is 80.2 Å². The summed E-state index contributed by atoms with van der Waals surface area (Å²) in [5.41, 5.74) is 2.29. The quantitative estimate of drug-likeness (QED) is 0.418. The van der Waals surface area contributed by atoms with Gasteiger partial charge in [0.15, 0.2) is 5.78 Å². The molecule has 0 radical (unpaired) electrons. The normalized spacial score (nSPS) is 25.3. The summed E-state index contributed by atoms with van der Waals surface area (Å²) < 4.78 is 45.4. The number of alkyl halides is 3. The molecule has 1 N–H and O–H groups in total. The maximum Gasteiger partial charge on any atom is 0.416 e. The molecule has 6 rings (SSSR count). The highest BCUT2D eigenvalue weighted by Gasteiger charge is 2.40. The van der Waals surface area contributed by atoms with Crippen molar-refractivity contribution < 1.29 is 22.7 Å². The first-order valence-corrected chi connectivity index (χ1v) is 14.3. The summed E-state index contributed by atoms with van der Waals surface area (Å²) in [5, 5.41) is 3.92. The summed E-state index contributed by atoms with van der Waals surface area (Å²) in [7, 11) is 0. The number of aromatic nitrogens is 3. The first kappa shape index (κ1) is 26.5. The van der Waals surface area contributed by atoms with Crippen molar-refractivity contribution in [3.8, 4) is 0 Å². The van der Waals surface area contributed by atoms with Crippen molar-refractivity contribution in [1.29, 1.82) is 0 Å². The number of ketones is 1. The van der Waals surface area contributed by atoms with Crippen LogP contribution in [0.25, 0.3) is 10.9 Å². The molecule has 4 atom stereocenters. The molecule has 2 fully saturated rings. The van der Waals surface area contributed by atoms with E-state index in [9.17, 15) is 18.0 Å². The summed E-state index contributed by atoms with van der Waals surface area (Å²) in [4.78, 5) is 28.2. The lowest BCUT2D eigenvalue weighted by Gasteiger charge is -2.23. The number of halogens is 3. The molecule has 0 bridgehead atoms. The van der Waals surface area contributed by atoms with Crippen molar-refractivity contribution in [2.24, 2.45) is 5.92 Å². The minimum absolute atomic E-state index is 0.00102. The molecule has 3 aliphatic rings. The molecular weight excluding hydrogens is 527 g/mol. The molecule has 11 heteroatoms. The Bertz CT molecular complexity index is 1350. The average Bonchev–Trinajstić information content (AvgIpc) is 3.68. The maximum absolute atomic E-state index is 13.3. The van der Waals surface area contributed by atoms with Crippen molar-refractivity contribution >= 4 is 34.3 Å². The van der Waals surface area contributed by atoms with Gasteiger partial charge >= 0.3 is 6.18 Å². The molecule has 3 aromatic rings. The summed E-state index contributed by atoms with van der Waals surface area (Å²) in [6, 6.07) is 5.85. The van der Waals surface area contributed by atoms with Gasteiger partial charge in [0.1, 0.15) is 12.1 Å². The minimum atomic E-state index is -4.47. The van der Waals surface area contributed by atoms with E-state index in [2.05, 4.69) is 31.2 Å². The van der Waals surface area contributed by atoms with Gasteiger partial charge in [0, 0.05) is 60.4 Å². The highest BCUT2D eigenvalue weighted by molar-refractivity contribution is 8.00. The number of nitrogens with zero attached hydrogens (tertiary/aromatic N) is 4. The number of pyridine rings is 1. The molecule has 4 heterocycles. The Kier molecular flexibility index (Phi) is 7.47. The number of likely N-dealkylation sites (tertiary alicyclic amines) is 1. The van der Waals surface area contributed by atoms with Crippen LogP contribution in [0.15, 0.2) is 43.0 Å². The Morgan fingerprint density at radius 2 is 2.08 bits per heavy atom. The van der Waals surface area contributed by atoms with E-state index < -0.39 is 11.7 Å². The standard InChI is InChI=1S/C28H30F3N5O2S/c29-28(30,31)19-2-3-24-22(10-19)27(35-16-34-24)33-11-21(37)9-18-13-36(20-6-8-38-15-20)14-26(18)39-25-4-1-17-5-7-32-12-23(17)25/h2-3,5,7,10,12,16,18,20,25-26H,1,4,6,8-9,11,13-15H2,(H,33,34,35)/t18?,20?,25?,26-/m0/s1. The van der Waals surface area contributed by atoms with Gasteiger partial charge in [0.2, 0.25) is 0 Å². The molecule has 7 nitrogen and oxygen atoms in total. The molecule has 3 unspecified atom stereocenters. The number of ether oxygens (including phenoxy) is 1. The van der Waals surface area contributed by atoms with Crippen molar-refractivity contribution in [3.63, 3.8) is 0 Å². The van der Waals surface area contributed by atoms with Gasteiger partial charge in [-0.3, -0.25) is 14.7 Å². The molecule has 206 valence electrons. The van der Waals surface area contributed by atoms with Crippen LogP contribution in [0.4, 0.5) is 19.0 Å². The van der Waals surface area contributed by atoms with E-state index in [1.54, 1.807) is 0 Å².